The van der Waals surface area contributed by atoms with Gasteiger partial charge in [-0.25, -0.2) is 4.98 Å². The average molecular weight is 260 g/mol. The second-order valence-electron chi connectivity index (χ2n) is 3.64. The number of unbranched alkanes of at least 4 members (excludes halogenated alkanes) is 1. The molecular formula is C11H18ClN3O2. The summed E-state index contributed by atoms with van der Waals surface area (Å²) in [6, 6.07) is 0. The number of ether oxygens (including phenoxy) is 1. The Balaban J connectivity index is 2.18. The van der Waals surface area contributed by atoms with Crippen molar-refractivity contribution < 1.29 is 4.74 Å². The lowest BCUT2D eigenvalue weighted by Gasteiger charge is -2.06. The van der Waals surface area contributed by atoms with Crippen molar-refractivity contribution in [1.29, 1.82) is 0 Å². The van der Waals surface area contributed by atoms with Gasteiger partial charge in [0.25, 0.3) is 5.56 Å². The van der Waals surface area contributed by atoms with Gasteiger partial charge in [0.1, 0.15) is 5.02 Å². The van der Waals surface area contributed by atoms with Crippen molar-refractivity contribution >= 4 is 17.4 Å². The molecule has 1 aromatic heterocycles. The highest BCUT2D eigenvalue weighted by atomic mass is 35.5. The molecule has 0 aromatic carbocycles. The Bertz CT molecular complexity index is 381. The zero-order valence-corrected chi connectivity index (χ0v) is 10.7. The van der Waals surface area contributed by atoms with Crippen molar-refractivity contribution in [2.24, 2.45) is 0 Å². The molecule has 0 amide bonds. The number of rotatable bonds is 8. The number of nitrogens with zero attached hydrogens (tertiary/aromatic N) is 1. The van der Waals surface area contributed by atoms with Crippen molar-refractivity contribution in [3.8, 4) is 0 Å². The summed E-state index contributed by atoms with van der Waals surface area (Å²) >= 11 is 5.77. The fraction of sp³-hybridized carbons (Fsp3) is 0.636. The first-order valence-corrected chi connectivity index (χ1v) is 6.18. The highest BCUT2D eigenvalue weighted by Crippen LogP contribution is 2.11. The van der Waals surface area contributed by atoms with E-state index in [9.17, 15) is 4.79 Å². The number of aromatic amines is 1. The van der Waals surface area contributed by atoms with E-state index in [1.54, 1.807) is 0 Å². The van der Waals surface area contributed by atoms with Crippen molar-refractivity contribution in [2.75, 3.05) is 25.1 Å². The first-order valence-electron chi connectivity index (χ1n) is 5.80. The van der Waals surface area contributed by atoms with E-state index in [2.05, 4.69) is 22.2 Å². The van der Waals surface area contributed by atoms with Gasteiger partial charge in [-0.15, -0.1) is 0 Å². The number of hydrogen-bond donors (Lipinski definition) is 2. The number of aromatic nitrogens is 2. The van der Waals surface area contributed by atoms with Crippen molar-refractivity contribution in [1.82, 2.24) is 9.97 Å². The molecule has 0 saturated carbocycles. The first-order chi connectivity index (χ1) is 8.25. The monoisotopic (exact) mass is 259 g/mol. The SMILES string of the molecule is CCCCOCCCNc1nc[nH]c(=O)c1Cl. The van der Waals surface area contributed by atoms with E-state index in [0.29, 0.717) is 19.0 Å². The summed E-state index contributed by atoms with van der Waals surface area (Å²) in [6.45, 7) is 4.32. The molecule has 1 rings (SSSR count). The van der Waals surface area contributed by atoms with Gasteiger partial charge in [-0.1, -0.05) is 24.9 Å². The van der Waals surface area contributed by atoms with Crippen LogP contribution < -0.4 is 10.9 Å². The van der Waals surface area contributed by atoms with Gasteiger partial charge in [0.15, 0.2) is 5.82 Å². The Morgan fingerprint density at radius 2 is 2.24 bits per heavy atom. The van der Waals surface area contributed by atoms with Crippen LogP contribution >= 0.6 is 11.6 Å². The molecule has 5 nitrogen and oxygen atoms in total. The Morgan fingerprint density at radius 3 is 3.00 bits per heavy atom. The van der Waals surface area contributed by atoms with Gasteiger partial charge in [-0.05, 0) is 12.8 Å². The van der Waals surface area contributed by atoms with Gasteiger partial charge < -0.3 is 15.0 Å². The van der Waals surface area contributed by atoms with Crippen LogP contribution in [0.2, 0.25) is 5.02 Å². The van der Waals surface area contributed by atoms with E-state index in [0.717, 1.165) is 25.9 Å². The van der Waals surface area contributed by atoms with Crippen LogP contribution in [0.15, 0.2) is 11.1 Å². The molecule has 1 aromatic rings. The number of anilines is 1. The first kappa shape index (κ1) is 14.0. The molecule has 17 heavy (non-hydrogen) atoms. The molecule has 0 radical (unpaired) electrons. The van der Waals surface area contributed by atoms with Gasteiger partial charge in [-0.2, -0.15) is 0 Å². The van der Waals surface area contributed by atoms with E-state index >= 15 is 0 Å². The van der Waals surface area contributed by atoms with E-state index in [1.165, 1.54) is 6.33 Å². The second kappa shape index (κ2) is 8.08. The summed E-state index contributed by atoms with van der Waals surface area (Å²) in [7, 11) is 0. The second-order valence-corrected chi connectivity index (χ2v) is 4.02. The molecule has 0 aliphatic carbocycles. The zero-order valence-electron chi connectivity index (χ0n) is 9.96. The normalized spacial score (nSPS) is 10.5. The highest BCUT2D eigenvalue weighted by Gasteiger charge is 2.03. The average Bonchev–Trinajstić information content (AvgIpc) is 2.33. The van der Waals surface area contributed by atoms with Crippen molar-refractivity contribution in [2.45, 2.75) is 26.2 Å². The minimum atomic E-state index is -0.330. The van der Waals surface area contributed by atoms with Crippen LogP contribution in [-0.2, 0) is 4.74 Å². The highest BCUT2D eigenvalue weighted by molar-refractivity contribution is 6.32. The third kappa shape index (κ3) is 5.19. The van der Waals surface area contributed by atoms with Crippen molar-refractivity contribution in [3.05, 3.63) is 21.7 Å². The van der Waals surface area contributed by atoms with E-state index in [1.807, 2.05) is 0 Å². The van der Waals surface area contributed by atoms with Gasteiger partial charge >= 0.3 is 0 Å². The summed E-state index contributed by atoms with van der Waals surface area (Å²) in [5, 5.41) is 3.10. The van der Waals surface area contributed by atoms with Crippen LogP contribution in [0.3, 0.4) is 0 Å². The van der Waals surface area contributed by atoms with Crippen LogP contribution in [0.4, 0.5) is 5.82 Å². The quantitative estimate of drug-likeness (QED) is 0.701. The number of nitrogens with one attached hydrogen (secondary N) is 2. The summed E-state index contributed by atoms with van der Waals surface area (Å²) < 4.78 is 5.40. The van der Waals surface area contributed by atoms with Gasteiger partial charge in [-0.3, -0.25) is 4.79 Å². The van der Waals surface area contributed by atoms with Crippen LogP contribution in [0.25, 0.3) is 0 Å². The zero-order chi connectivity index (χ0) is 12.5. The fourth-order valence-corrected chi connectivity index (χ4v) is 1.41. The predicted molar refractivity (Wildman–Crippen MR) is 68.7 cm³/mol. The van der Waals surface area contributed by atoms with E-state index < -0.39 is 0 Å². The summed E-state index contributed by atoms with van der Waals surface area (Å²) in [5.74, 6) is 0.420. The minimum Gasteiger partial charge on any atom is -0.381 e. The minimum absolute atomic E-state index is 0.0967. The Hall–Kier alpha value is -1.07. The largest absolute Gasteiger partial charge is 0.381 e. The molecule has 0 saturated heterocycles. The molecule has 2 N–H and O–H groups in total. The molecule has 0 aliphatic rings. The van der Waals surface area contributed by atoms with Crippen molar-refractivity contribution in [3.63, 3.8) is 0 Å². The number of H-pyrrole nitrogens is 1. The Morgan fingerprint density at radius 1 is 1.47 bits per heavy atom. The molecule has 1 heterocycles. The third-order valence-corrected chi connectivity index (χ3v) is 2.55. The van der Waals surface area contributed by atoms with Crippen LogP contribution in [-0.4, -0.2) is 29.7 Å². The smallest absolute Gasteiger partial charge is 0.271 e. The van der Waals surface area contributed by atoms with Gasteiger partial charge in [0.2, 0.25) is 0 Å². The maximum absolute atomic E-state index is 11.2. The fourth-order valence-electron chi connectivity index (χ4n) is 1.24. The van der Waals surface area contributed by atoms with Crippen LogP contribution in [0.5, 0.6) is 0 Å². The molecule has 0 aliphatic heterocycles. The maximum atomic E-state index is 11.2. The number of halogens is 1. The third-order valence-electron chi connectivity index (χ3n) is 2.20. The molecule has 96 valence electrons. The standard InChI is InChI=1S/C11H18ClN3O2/c1-2-3-6-17-7-4-5-13-10-9(12)11(16)15-8-14-10/h8H,2-7H2,1H3,(H2,13,14,15,16). The molecule has 0 unspecified atom stereocenters. The lowest BCUT2D eigenvalue weighted by atomic mass is 10.3. The van der Waals surface area contributed by atoms with Crippen LogP contribution in [0.1, 0.15) is 26.2 Å². The predicted octanol–water partition coefficient (Wildman–Crippen LogP) is 2.04. The van der Waals surface area contributed by atoms with E-state index in [-0.39, 0.29) is 10.6 Å². The maximum Gasteiger partial charge on any atom is 0.271 e. The topological polar surface area (TPSA) is 67.0 Å². The lowest BCUT2D eigenvalue weighted by Crippen LogP contribution is -2.13. The summed E-state index contributed by atoms with van der Waals surface area (Å²) in [5.41, 5.74) is -0.330. The van der Waals surface area contributed by atoms with Gasteiger partial charge in [0, 0.05) is 19.8 Å². The lowest BCUT2D eigenvalue weighted by molar-refractivity contribution is 0.131. The Labute approximate surface area is 106 Å². The van der Waals surface area contributed by atoms with Gasteiger partial charge in [0.05, 0.1) is 6.33 Å². The molecular weight excluding hydrogens is 242 g/mol. The molecule has 0 bridgehead atoms. The summed E-state index contributed by atoms with van der Waals surface area (Å²) in [6.07, 6.45) is 4.42. The molecule has 6 heteroatoms. The van der Waals surface area contributed by atoms with E-state index in [4.69, 9.17) is 16.3 Å². The Kier molecular flexibility index (Phi) is 6.65. The molecule has 0 atom stereocenters. The van der Waals surface area contributed by atoms with Crippen LogP contribution in [0, 0.1) is 0 Å². The molecule has 0 spiro atoms. The molecule has 0 fully saturated rings. The summed E-state index contributed by atoms with van der Waals surface area (Å²) in [4.78, 5) is 17.5. The number of hydrogen-bond acceptors (Lipinski definition) is 4.